The Kier molecular flexibility index (Phi) is 6.07. The number of urea groups is 1. The molecule has 3 aromatic rings. The summed E-state index contributed by atoms with van der Waals surface area (Å²) in [6.07, 6.45) is 2.22. The molecule has 1 aliphatic heterocycles. The maximum absolute atomic E-state index is 12.3. The van der Waals surface area contributed by atoms with Crippen LogP contribution in [0.5, 0.6) is 17.4 Å². The highest BCUT2D eigenvalue weighted by atomic mass is 16.5. The average Bonchev–Trinajstić information content (AvgIpc) is 3.13. The molecule has 2 aromatic carbocycles. The number of ether oxygens (including phenoxy) is 2. The molecule has 4 amide bonds. The van der Waals surface area contributed by atoms with Gasteiger partial charge in [0.2, 0.25) is 11.8 Å². The second-order valence-electron chi connectivity index (χ2n) is 7.63. The van der Waals surface area contributed by atoms with Crippen molar-refractivity contribution >= 4 is 34.3 Å². The first kappa shape index (κ1) is 22.0. The minimum absolute atomic E-state index is 0.0368. The second-order valence-corrected chi connectivity index (χ2v) is 7.63. The summed E-state index contributed by atoms with van der Waals surface area (Å²) < 4.78 is 11.9. The van der Waals surface area contributed by atoms with Crippen molar-refractivity contribution in [2.45, 2.75) is 25.4 Å². The number of aromatic nitrogens is 1. The van der Waals surface area contributed by atoms with Crippen molar-refractivity contribution in [3.8, 4) is 17.4 Å². The van der Waals surface area contributed by atoms with E-state index in [2.05, 4.69) is 16.0 Å². The van der Waals surface area contributed by atoms with E-state index in [1.807, 2.05) is 6.07 Å². The summed E-state index contributed by atoms with van der Waals surface area (Å²) >= 11 is 0. The molecule has 172 valence electrons. The lowest BCUT2D eigenvalue weighted by Gasteiger charge is -2.22. The molecule has 0 saturated carbocycles. The van der Waals surface area contributed by atoms with Crippen molar-refractivity contribution in [1.82, 2.24) is 15.2 Å². The van der Waals surface area contributed by atoms with Gasteiger partial charge in [0.1, 0.15) is 6.04 Å². The first-order chi connectivity index (χ1) is 15.9. The van der Waals surface area contributed by atoms with Gasteiger partial charge in [-0.15, -0.1) is 0 Å². The number of benzene rings is 2. The summed E-state index contributed by atoms with van der Waals surface area (Å²) in [6, 6.07) is 9.36. The Labute approximate surface area is 189 Å². The molecule has 4 N–H and O–H groups in total. The van der Waals surface area contributed by atoms with E-state index < -0.39 is 18.0 Å². The van der Waals surface area contributed by atoms with Crippen LogP contribution in [0, 0.1) is 0 Å². The number of methoxy groups -OCH3 is 2. The highest BCUT2D eigenvalue weighted by Gasteiger charge is 2.30. The van der Waals surface area contributed by atoms with Crippen LogP contribution in [0.2, 0.25) is 0 Å². The number of rotatable bonds is 6. The van der Waals surface area contributed by atoms with E-state index in [-0.39, 0.29) is 24.8 Å². The zero-order valence-corrected chi connectivity index (χ0v) is 18.2. The molecule has 1 fully saturated rings. The largest absolute Gasteiger partial charge is 0.494 e. The van der Waals surface area contributed by atoms with Crippen molar-refractivity contribution in [2.75, 3.05) is 19.5 Å². The van der Waals surface area contributed by atoms with Gasteiger partial charge < -0.3 is 29.8 Å². The van der Waals surface area contributed by atoms with Crippen molar-refractivity contribution in [3.05, 3.63) is 48.2 Å². The quantitative estimate of drug-likeness (QED) is 0.426. The molecule has 1 unspecified atom stereocenters. The maximum atomic E-state index is 12.3. The zero-order valence-electron chi connectivity index (χ0n) is 18.2. The summed E-state index contributed by atoms with van der Waals surface area (Å²) in [5, 5.41) is 19.7. The van der Waals surface area contributed by atoms with Crippen LogP contribution in [-0.2, 0) is 16.1 Å². The monoisotopic (exact) mass is 452 g/mol. The number of nitrogens with zero attached hydrogens (tertiary/aromatic N) is 1. The Hall–Kier alpha value is -4.21. The van der Waals surface area contributed by atoms with Crippen LogP contribution in [0.25, 0.3) is 10.8 Å². The van der Waals surface area contributed by atoms with Gasteiger partial charge in [0.15, 0.2) is 17.4 Å². The van der Waals surface area contributed by atoms with Crippen LogP contribution in [0.4, 0.5) is 10.5 Å². The number of carbonyl (C=O) groups is 3. The summed E-state index contributed by atoms with van der Waals surface area (Å²) in [4.78, 5) is 35.9. The Morgan fingerprint density at radius 3 is 2.67 bits per heavy atom. The summed E-state index contributed by atoms with van der Waals surface area (Å²) in [7, 11) is 3.05. The number of hydrogen-bond donors (Lipinski definition) is 4. The lowest BCUT2D eigenvalue weighted by Crippen LogP contribution is -2.41. The van der Waals surface area contributed by atoms with Crippen LogP contribution in [0.15, 0.2) is 42.6 Å². The lowest BCUT2D eigenvalue weighted by atomic mass is 10.1. The normalized spacial score (nSPS) is 15.8. The minimum Gasteiger partial charge on any atom is -0.494 e. The Morgan fingerprint density at radius 1 is 1.15 bits per heavy atom. The maximum Gasteiger partial charge on any atom is 0.319 e. The predicted octanol–water partition coefficient (Wildman–Crippen LogP) is 2.66. The number of nitrogens with one attached hydrogen (secondary N) is 3. The van der Waals surface area contributed by atoms with E-state index in [0.29, 0.717) is 29.0 Å². The standard InChI is InChI=1S/C23H24N4O6/c1-32-18-7-4-15(10-19(18)33-2)25-23(31)24-11-13-3-5-16-14(9-13)12-27(22(16)30)17-6-8-20(28)26-21(17)29/h3-5,7,9-10,12,17,30H,6,8,11H2,1-2H3,(H2,24,25,31)(H,26,28,29). The van der Waals surface area contributed by atoms with Gasteiger partial charge >= 0.3 is 6.03 Å². The molecular formula is C23H24N4O6. The molecule has 1 aromatic heterocycles. The van der Waals surface area contributed by atoms with Crippen LogP contribution in [0.1, 0.15) is 24.4 Å². The van der Waals surface area contributed by atoms with Crippen molar-refractivity contribution in [3.63, 3.8) is 0 Å². The van der Waals surface area contributed by atoms with Gasteiger partial charge in [-0.1, -0.05) is 6.07 Å². The first-order valence-corrected chi connectivity index (χ1v) is 10.3. The van der Waals surface area contributed by atoms with E-state index >= 15 is 0 Å². The third-order valence-electron chi connectivity index (χ3n) is 5.52. The molecule has 0 radical (unpaired) electrons. The number of carbonyl (C=O) groups excluding carboxylic acids is 3. The molecular weight excluding hydrogens is 428 g/mol. The molecule has 10 heteroatoms. The fourth-order valence-electron chi connectivity index (χ4n) is 3.84. The molecule has 4 rings (SSSR count). The summed E-state index contributed by atoms with van der Waals surface area (Å²) in [5.41, 5.74) is 1.36. The highest BCUT2D eigenvalue weighted by molar-refractivity contribution is 6.00. The number of fused-ring (bicyclic) bond motifs is 1. The molecule has 1 saturated heterocycles. The first-order valence-electron chi connectivity index (χ1n) is 10.3. The van der Waals surface area contributed by atoms with Gasteiger partial charge in [-0.05, 0) is 36.2 Å². The number of amides is 4. The molecule has 0 bridgehead atoms. The molecule has 33 heavy (non-hydrogen) atoms. The SMILES string of the molecule is COc1ccc(NC(=O)NCc2ccc3c(O)n(C4CCC(=O)NC4=O)cc3c2)cc1OC. The number of piperidine rings is 1. The minimum atomic E-state index is -0.649. The van der Waals surface area contributed by atoms with Crippen LogP contribution in [0.3, 0.4) is 0 Å². The van der Waals surface area contributed by atoms with E-state index in [0.717, 1.165) is 10.9 Å². The molecule has 0 spiro atoms. The zero-order chi connectivity index (χ0) is 23.5. The van der Waals surface area contributed by atoms with Gasteiger partial charge in [-0.25, -0.2) is 4.79 Å². The van der Waals surface area contributed by atoms with E-state index in [1.54, 1.807) is 36.5 Å². The highest BCUT2D eigenvalue weighted by Crippen LogP contribution is 2.33. The van der Waals surface area contributed by atoms with E-state index in [1.165, 1.54) is 18.8 Å². The number of imide groups is 1. The third kappa shape index (κ3) is 4.54. The molecule has 1 aliphatic rings. The van der Waals surface area contributed by atoms with Crippen molar-refractivity contribution < 1.29 is 29.0 Å². The van der Waals surface area contributed by atoms with Gasteiger partial charge in [-0.2, -0.15) is 0 Å². The number of aromatic hydroxyl groups is 1. The van der Waals surface area contributed by atoms with Gasteiger partial charge in [0.05, 0.1) is 14.2 Å². The Balaban J connectivity index is 1.43. The third-order valence-corrected chi connectivity index (χ3v) is 5.52. The molecule has 1 atom stereocenters. The van der Waals surface area contributed by atoms with Gasteiger partial charge in [0, 0.05) is 41.7 Å². The number of hydrogen-bond acceptors (Lipinski definition) is 6. The van der Waals surface area contributed by atoms with Crippen LogP contribution >= 0.6 is 0 Å². The topological polar surface area (TPSA) is 131 Å². The second kappa shape index (κ2) is 9.11. The fourth-order valence-corrected chi connectivity index (χ4v) is 3.84. The Bertz CT molecular complexity index is 1240. The van der Waals surface area contributed by atoms with Gasteiger partial charge in [-0.3, -0.25) is 14.9 Å². The molecule has 2 heterocycles. The predicted molar refractivity (Wildman–Crippen MR) is 120 cm³/mol. The Morgan fingerprint density at radius 2 is 1.94 bits per heavy atom. The summed E-state index contributed by atoms with van der Waals surface area (Å²) in [6.45, 7) is 0.249. The van der Waals surface area contributed by atoms with E-state index in [4.69, 9.17) is 9.47 Å². The molecule has 0 aliphatic carbocycles. The van der Waals surface area contributed by atoms with E-state index in [9.17, 15) is 19.5 Å². The lowest BCUT2D eigenvalue weighted by molar-refractivity contribution is -0.135. The smallest absolute Gasteiger partial charge is 0.319 e. The summed E-state index contributed by atoms with van der Waals surface area (Å²) in [5.74, 6) is 0.276. The fraction of sp³-hybridized carbons (Fsp3) is 0.261. The van der Waals surface area contributed by atoms with Crippen LogP contribution < -0.4 is 25.4 Å². The number of anilines is 1. The van der Waals surface area contributed by atoms with Crippen LogP contribution in [-0.4, -0.2) is 41.7 Å². The van der Waals surface area contributed by atoms with Crippen molar-refractivity contribution in [2.24, 2.45) is 0 Å². The van der Waals surface area contributed by atoms with Gasteiger partial charge in [0.25, 0.3) is 0 Å². The van der Waals surface area contributed by atoms with Crippen molar-refractivity contribution in [1.29, 1.82) is 0 Å². The average molecular weight is 452 g/mol. The molecule has 10 nitrogen and oxygen atoms in total.